The fraction of sp³-hybridized carbons (Fsp3) is 0.345. The molecule has 8 nitrogen and oxygen atoms in total. The van der Waals surface area contributed by atoms with Crippen molar-refractivity contribution in [3.8, 4) is 28.4 Å². The molecule has 4 aromatic rings. The Kier molecular flexibility index (Phi) is 6.24. The molecular formula is C29H31N3O5. The molecule has 8 heteroatoms. The molecule has 2 saturated heterocycles. The number of fused-ring (bicyclic) bond motifs is 1. The van der Waals surface area contributed by atoms with Gasteiger partial charge in [-0.3, -0.25) is 4.79 Å². The van der Waals surface area contributed by atoms with E-state index in [4.69, 9.17) is 14.2 Å². The maximum atomic E-state index is 12.6. The molecule has 0 amide bonds. The average Bonchev–Trinajstić information content (AvgIpc) is 3.40. The van der Waals surface area contributed by atoms with Crippen LogP contribution in [-0.2, 0) is 17.4 Å². The summed E-state index contributed by atoms with van der Waals surface area (Å²) in [6.07, 6.45) is 5.85. The van der Waals surface area contributed by atoms with Gasteiger partial charge in [0.05, 0.1) is 19.8 Å². The lowest BCUT2D eigenvalue weighted by Gasteiger charge is -2.37. The summed E-state index contributed by atoms with van der Waals surface area (Å²) in [7, 11) is 1.73. The van der Waals surface area contributed by atoms with Gasteiger partial charge in [-0.15, -0.1) is 0 Å². The van der Waals surface area contributed by atoms with Crippen molar-refractivity contribution in [3.05, 3.63) is 76.8 Å². The Labute approximate surface area is 214 Å². The molecule has 2 fully saturated rings. The van der Waals surface area contributed by atoms with E-state index >= 15 is 0 Å². The van der Waals surface area contributed by atoms with Crippen LogP contribution >= 0.6 is 0 Å². The third kappa shape index (κ3) is 4.64. The van der Waals surface area contributed by atoms with Crippen LogP contribution in [0.5, 0.6) is 17.2 Å². The van der Waals surface area contributed by atoms with Crippen LogP contribution in [0.4, 0.5) is 0 Å². The van der Waals surface area contributed by atoms with Gasteiger partial charge in [-0.2, -0.15) is 0 Å². The Bertz CT molecular complexity index is 1460. The first kappa shape index (κ1) is 23.8. The predicted octanol–water partition coefficient (Wildman–Crippen LogP) is 3.92. The standard InChI is InChI=1S/C29H31N3O5/c1-32-15-25(23-10-13-31-27(23)28(32)33)24-14-20(29(34)17-35-18-29)2-7-26(24)37-22-5-3-21(4-6-22)36-16-19-8-11-30-12-9-19/h2-7,10,13-15,19,30-31,34H,8-9,11-12,16-18H2,1H3. The average molecular weight is 502 g/mol. The Hall–Kier alpha value is -3.59. The number of aromatic nitrogens is 2. The Morgan fingerprint density at radius 2 is 1.81 bits per heavy atom. The number of rotatable bonds is 7. The SMILES string of the molecule is Cn1cc(-c2cc(C3(O)COC3)ccc2Oc2ccc(OCC3CCNCC3)cc2)c2cc[nH]c2c1=O. The van der Waals surface area contributed by atoms with Crippen LogP contribution < -0.4 is 20.3 Å². The molecule has 0 atom stereocenters. The molecule has 6 rings (SSSR count). The van der Waals surface area contributed by atoms with Crippen LogP contribution in [0.3, 0.4) is 0 Å². The summed E-state index contributed by atoms with van der Waals surface area (Å²) in [5.41, 5.74) is 1.76. The highest BCUT2D eigenvalue weighted by Crippen LogP contribution is 2.40. The van der Waals surface area contributed by atoms with E-state index in [-0.39, 0.29) is 18.8 Å². The highest BCUT2D eigenvalue weighted by atomic mass is 16.5. The summed E-state index contributed by atoms with van der Waals surface area (Å²) < 4.78 is 19.2. The van der Waals surface area contributed by atoms with Crippen LogP contribution in [0.15, 0.2) is 65.7 Å². The summed E-state index contributed by atoms with van der Waals surface area (Å²) >= 11 is 0. The highest BCUT2D eigenvalue weighted by molar-refractivity contribution is 5.96. The fourth-order valence-electron chi connectivity index (χ4n) is 5.06. The van der Waals surface area contributed by atoms with Crippen molar-refractivity contribution in [2.75, 3.05) is 32.9 Å². The second kappa shape index (κ2) is 9.70. The van der Waals surface area contributed by atoms with Crippen LogP contribution in [0.1, 0.15) is 18.4 Å². The van der Waals surface area contributed by atoms with Gasteiger partial charge in [0.2, 0.25) is 0 Å². The number of ether oxygens (including phenoxy) is 3. The highest BCUT2D eigenvalue weighted by Gasteiger charge is 2.38. The van der Waals surface area contributed by atoms with Crippen LogP contribution in [-0.4, -0.2) is 47.6 Å². The van der Waals surface area contributed by atoms with Crippen molar-refractivity contribution in [3.63, 3.8) is 0 Å². The Balaban J connectivity index is 1.31. The molecule has 0 unspecified atom stereocenters. The van der Waals surface area contributed by atoms with Gasteiger partial charge in [0, 0.05) is 36.0 Å². The number of nitrogens with zero attached hydrogens (tertiary/aromatic N) is 1. The number of hydrogen-bond acceptors (Lipinski definition) is 6. The molecule has 0 saturated carbocycles. The molecular weight excluding hydrogens is 470 g/mol. The maximum Gasteiger partial charge on any atom is 0.274 e. The molecule has 2 aromatic heterocycles. The third-order valence-corrected chi connectivity index (χ3v) is 7.38. The zero-order valence-corrected chi connectivity index (χ0v) is 20.8. The number of benzene rings is 2. The van der Waals surface area contributed by atoms with Crippen molar-refractivity contribution >= 4 is 10.9 Å². The monoisotopic (exact) mass is 501 g/mol. The molecule has 2 aliphatic heterocycles. The van der Waals surface area contributed by atoms with E-state index in [2.05, 4.69) is 10.3 Å². The van der Waals surface area contributed by atoms with Crippen molar-refractivity contribution in [2.45, 2.75) is 18.4 Å². The van der Waals surface area contributed by atoms with Gasteiger partial charge in [0.15, 0.2) is 0 Å². The lowest BCUT2D eigenvalue weighted by Crippen LogP contribution is -2.46. The Morgan fingerprint density at radius 1 is 1.05 bits per heavy atom. The van der Waals surface area contributed by atoms with Crippen molar-refractivity contribution < 1.29 is 19.3 Å². The number of nitrogens with one attached hydrogen (secondary N) is 2. The van der Waals surface area contributed by atoms with Crippen LogP contribution in [0.2, 0.25) is 0 Å². The molecule has 0 aliphatic carbocycles. The molecule has 2 aliphatic rings. The second-order valence-corrected chi connectivity index (χ2v) is 10.0. The van der Waals surface area contributed by atoms with E-state index in [9.17, 15) is 9.90 Å². The van der Waals surface area contributed by atoms with Gasteiger partial charge < -0.3 is 34.2 Å². The van der Waals surface area contributed by atoms with E-state index in [1.807, 2.05) is 54.7 Å². The summed E-state index contributed by atoms with van der Waals surface area (Å²) in [6.45, 7) is 3.32. The first-order valence-corrected chi connectivity index (χ1v) is 12.7. The maximum absolute atomic E-state index is 12.6. The summed E-state index contributed by atoms with van der Waals surface area (Å²) in [5, 5.41) is 15.1. The summed E-state index contributed by atoms with van der Waals surface area (Å²) in [4.78, 5) is 15.7. The minimum Gasteiger partial charge on any atom is -0.493 e. The van der Waals surface area contributed by atoms with E-state index in [1.165, 1.54) is 0 Å². The van der Waals surface area contributed by atoms with Crippen molar-refractivity contribution in [1.29, 1.82) is 0 Å². The second-order valence-electron chi connectivity index (χ2n) is 10.0. The molecule has 192 valence electrons. The molecule has 4 heterocycles. The first-order valence-electron chi connectivity index (χ1n) is 12.7. The fourth-order valence-corrected chi connectivity index (χ4v) is 5.06. The quantitative estimate of drug-likeness (QED) is 0.355. The van der Waals surface area contributed by atoms with Gasteiger partial charge in [-0.1, -0.05) is 6.07 Å². The lowest BCUT2D eigenvalue weighted by molar-refractivity contribution is -0.184. The van der Waals surface area contributed by atoms with Gasteiger partial charge >= 0.3 is 0 Å². The topological polar surface area (TPSA) is 97.7 Å². The van der Waals surface area contributed by atoms with E-state index < -0.39 is 5.60 Å². The number of aromatic amines is 1. The number of aliphatic hydroxyl groups is 1. The lowest BCUT2D eigenvalue weighted by atomic mass is 9.89. The zero-order valence-electron chi connectivity index (χ0n) is 20.8. The van der Waals surface area contributed by atoms with E-state index in [1.54, 1.807) is 17.8 Å². The summed E-state index contributed by atoms with van der Waals surface area (Å²) in [6, 6.07) is 15.2. The minimum absolute atomic E-state index is 0.103. The molecule has 2 aromatic carbocycles. The molecule has 0 spiro atoms. The number of pyridine rings is 1. The van der Waals surface area contributed by atoms with E-state index in [0.717, 1.165) is 60.4 Å². The van der Waals surface area contributed by atoms with Crippen LogP contribution in [0.25, 0.3) is 22.0 Å². The minimum atomic E-state index is -1.03. The van der Waals surface area contributed by atoms with E-state index in [0.29, 0.717) is 22.9 Å². The normalized spacial score (nSPS) is 17.5. The van der Waals surface area contributed by atoms with Crippen LogP contribution in [0, 0.1) is 5.92 Å². The summed E-state index contributed by atoms with van der Waals surface area (Å²) in [5.74, 6) is 2.70. The zero-order chi connectivity index (χ0) is 25.4. The number of piperidine rings is 1. The first-order chi connectivity index (χ1) is 18.0. The molecule has 0 radical (unpaired) electrons. The largest absolute Gasteiger partial charge is 0.493 e. The smallest absolute Gasteiger partial charge is 0.274 e. The third-order valence-electron chi connectivity index (χ3n) is 7.38. The van der Waals surface area contributed by atoms with Crippen molar-refractivity contribution in [2.24, 2.45) is 13.0 Å². The van der Waals surface area contributed by atoms with Gasteiger partial charge in [0.1, 0.15) is 28.4 Å². The number of H-pyrrole nitrogens is 1. The number of aryl methyl sites for hydroxylation is 1. The Morgan fingerprint density at radius 3 is 2.54 bits per heavy atom. The van der Waals surface area contributed by atoms with Gasteiger partial charge in [-0.25, -0.2) is 0 Å². The molecule has 3 N–H and O–H groups in total. The van der Waals surface area contributed by atoms with Gasteiger partial charge in [0.25, 0.3) is 5.56 Å². The molecule has 37 heavy (non-hydrogen) atoms. The van der Waals surface area contributed by atoms with Crippen molar-refractivity contribution in [1.82, 2.24) is 14.9 Å². The predicted molar refractivity (Wildman–Crippen MR) is 141 cm³/mol. The number of hydrogen-bond donors (Lipinski definition) is 3. The van der Waals surface area contributed by atoms with Gasteiger partial charge in [-0.05, 0) is 79.9 Å². The molecule has 0 bridgehead atoms.